The Morgan fingerprint density at radius 1 is 0.824 bits per heavy atom. The van der Waals surface area contributed by atoms with Gasteiger partial charge in [0.1, 0.15) is 0 Å². The first-order valence-electron chi connectivity index (χ1n) is 10.4. The van der Waals surface area contributed by atoms with Gasteiger partial charge in [0.25, 0.3) is 10.0 Å². The van der Waals surface area contributed by atoms with Crippen LogP contribution in [0.1, 0.15) is 27.6 Å². The maximum Gasteiger partial charge on any atom is 0.338 e. The van der Waals surface area contributed by atoms with E-state index in [0.29, 0.717) is 17.2 Å². The normalized spacial score (nSPS) is 10.9. The summed E-state index contributed by atoms with van der Waals surface area (Å²) in [4.78, 5) is 25.0. The lowest BCUT2D eigenvalue weighted by Crippen LogP contribution is -2.30. The number of ketones is 1. The molecule has 34 heavy (non-hydrogen) atoms. The van der Waals surface area contributed by atoms with Gasteiger partial charge in [-0.25, -0.2) is 13.2 Å². The highest BCUT2D eigenvalue weighted by atomic mass is 32.2. The predicted molar refractivity (Wildman–Crippen MR) is 127 cm³/mol. The molecule has 0 aromatic heterocycles. The van der Waals surface area contributed by atoms with Crippen LogP contribution in [-0.2, 0) is 14.8 Å². The fraction of sp³-hybridized carbons (Fsp3) is 0.200. The molecule has 0 saturated carbocycles. The van der Waals surface area contributed by atoms with Crippen LogP contribution >= 0.6 is 0 Å². The minimum Gasteiger partial charge on any atom is -0.493 e. The van der Waals surface area contributed by atoms with Crippen molar-refractivity contribution in [2.24, 2.45) is 0 Å². The van der Waals surface area contributed by atoms with E-state index in [1.54, 1.807) is 43.3 Å². The zero-order valence-electron chi connectivity index (χ0n) is 19.1. The van der Waals surface area contributed by atoms with Gasteiger partial charge in [0.2, 0.25) is 0 Å². The third kappa shape index (κ3) is 5.37. The van der Waals surface area contributed by atoms with Crippen molar-refractivity contribution >= 4 is 27.5 Å². The van der Waals surface area contributed by atoms with Crippen LogP contribution < -0.4 is 13.8 Å². The lowest BCUT2D eigenvalue weighted by Gasteiger charge is -2.23. The summed E-state index contributed by atoms with van der Waals surface area (Å²) < 4.78 is 43.1. The molecule has 0 bridgehead atoms. The second kappa shape index (κ2) is 10.8. The molecule has 0 amide bonds. The summed E-state index contributed by atoms with van der Waals surface area (Å²) in [5.74, 6) is -0.421. The maximum absolute atomic E-state index is 13.2. The van der Waals surface area contributed by atoms with E-state index in [1.807, 2.05) is 0 Å². The average Bonchev–Trinajstić information content (AvgIpc) is 2.87. The molecule has 8 nitrogen and oxygen atoms in total. The van der Waals surface area contributed by atoms with Crippen LogP contribution in [0.2, 0.25) is 0 Å². The van der Waals surface area contributed by atoms with Gasteiger partial charge in [-0.05, 0) is 55.5 Å². The number of sulfonamides is 1. The highest BCUT2D eigenvalue weighted by molar-refractivity contribution is 7.92. The van der Waals surface area contributed by atoms with Gasteiger partial charge in [0, 0.05) is 12.1 Å². The summed E-state index contributed by atoms with van der Waals surface area (Å²) in [6.45, 7) is 1.42. The van der Waals surface area contributed by atoms with Crippen molar-refractivity contribution in [2.75, 3.05) is 31.7 Å². The summed E-state index contributed by atoms with van der Waals surface area (Å²) in [7, 11) is -0.986. The van der Waals surface area contributed by atoms with Gasteiger partial charge >= 0.3 is 5.97 Å². The summed E-state index contributed by atoms with van der Waals surface area (Å²) in [6, 6.07) is 18.8. The van der Waals surface area contributed by atoms with Crippen LogP contribution in [0.4, 0.5) is 5.69 Å². The molecule has 178 valence electrons. The number of carbonyl (C=O) groups excluding carboxylic acids is 2. The number of hydrogen-bond acceptors (Lipinski definition) is 7. The zero-order chi connectivity index (χ0) is 24.7. The number of nitrogens with zero attached hydrogens (tertiary/aromatic N) is 1. The monoisotopic (exact) mass is 483 g/mol. The standard InChI is InChI=1S/C25H25NO7S/c1-4-26(20-10-6-5-7-11-20)34(29,30)21-12-8-9-19(15-21)25(28)33-17-22(27)18-13-14-23(31-2)24(16-18)32-3/h5-16H,4,17H2,1-3H3. The summed E-state index contributed by atoms with van der Waals surface area (Å²) in [6.07, 6.45) is 0. The van der Waals surface area contributed by atoms with Crippen molar-refractivity contribution in [3.8, 4) is 11.5 Å². The van der Waals surface area contributed by atoms with Gasteiger partial charge in [-0.2, -0.15) is 0 Å². The number of para-hydroxylation sites is 1. The third-order valence-electron chi connectivity index (χ3n) is 5.03. The summed E-state index contributed by atoms with van der Waals surface area (Å²) >= 11 is 0. The van der Waals surface area contributed by atoms with E-state index in [4.69, 9.17) is 14.2 Å². The number of ether oxygens (including phenoxy) is 3. The number of anilines is 1. The van der Waals surface area contributed by atoms with Crippen LogP contribution in [0.5, 0.6) is 11.5 Å². The molecule has 0 fully saturated rings. The molecule has 0 aliphatic rings. The van der Waals surface area contributed by atoms with Gasteiger partial charge < -0.3 is 14.2 Å². The molecule has 0 radical (unpaired) electrons. The fourth-order valence-corrected chi connectivity index (χ4v) is 4.82. The van der Waals surface area contributed by atoms with Gasteiger partial charge in [-0.3, -0.25) is 9.10 Å². The molecular weight excluding hydrogens is 458 g/mol. The summed E-state index contributed by atoms with van der Waals surface area (Å²) in [5.41, 5.74) is 0.812. The molecule has 0 spiro atoms. The van der Waals surface area contributed by atoms with Gasteiger partial charge in [-0.15, -0.1) is 0 Å². The quantitative estimate of drug-likeness (QED) is 0.318. The van der Waals surface area contributed by atoms with Gasteiger partial charge in [-0.1, -0.05) is 24.3 Å². The van der Waals surface area contributed by atoms with E-state index in [-0.39, 0.29) is 22.6 Å². The van der Waals surface area contributed by atoms with E-state index in [1.165, 1.54) is 54.9 Å². The first-order valence-corrected chi connectivity index (χ1v) is 11.9. The first-order chi connectivity index (χ1) is 16.3. The van der Waals surface area contributed by atoms with E-state index >= 15 is 0 Å². The SMILES string of the molecule is CCN(c1ccccc1)S(=O)(=O)c1cccc(C(=O)OCC(=O)c2ccc(OC)c(OC)c2)c1. The summed E-state index contributed by atoms with van der Waals surface area (Å²) in [5, 5.41) is 0. The van der Waals surface area contributed by atoms with E-state index in [0.717, 1.165) is 0 Å². The second-order valence-electron chi connectivity index (χ2n) is 7.10. The number of methoxy groups -OCH3 is 2. The van der Waals surface area contributed by atoms with Crippen molar-refractivity contribution < 1.29 is 32.2 Å². The lowest BCUT2D eigenvalue weighted by molar-refractivity contribution is 0.0474. The topological polar surface area (TPSA) is 99.2 Å². The third-order valence-corrected chi connectivity index (χ3v) is 6.93. The molecule has 3 aromatic rings. The van der Waals surface area contributed by atoms with Crippen LogP contribution in [-0.4, -0.2) is 47.5 Å². The molecule has 9 heteroatoms. The van der Waals surface area contributed by atoms with E-state index in [2.05, 4.69) is 0 Å². The number of benzene rings is 3. The number of hydrogen-bond donors (Lipinski definition) is 0. The minimum absolute atomic E-state index is 0.0188. The Labute approximate surface area is 198 Å². The molecule has 0 aliphatic heterocycles. The molecular formula is C25H25NO7S. The molecule has 0 unspecified atom stereocenters. The second-order valence-corrected chi connectivity index (χ2v) is 8.96. The maximum atomic E-state index is 13.2. The molecule has 0 saturated heterocycles. The van der Waals surface area contributed by atoms with Gasteiger partial charge in [0.15, 0.2) is 23.9 Å². The predicted octanol–water partition coefficient (Wildman–Crippen LogP) is 3.96. The lowest BCUT2D eigenvalue weighted by atomic mass is 10.1. The molecule has 3 aromatic carbocycles. The van der Waals surface area contributed by atoms with Crippen molar-refractivity contribution in [3.05, 3.63) is 83.9 Å². The average molecular weight is 484 g/mol. The Bertz CT molecular complexity index is 1270. The van der Waals surface area contributed by atoms with E-state index < -0.39 is 28.4 Å². The van der Waals surface area contributed by atoms with Crippen LogP contribution in [0.15, 0.2) is 77.7 Å². The molecule has 0 heterocycles. The Kier molecular flexibility index (Phi) is 7.91. The van der Waals surface area contributed by atoms with Crippen LogP contribution in [0.3, 0.4) is 0 Å². The molecule has 0 N–H and O–H groups in total. The van der Waals surface area contributed by atoms with Crippen LogP contribution in [0.25, 0.3) is 0 Å². The molecule has 3 rings (SSSR count). The highest BCUT2D eigenvalue weighted by Crippen LogP contribution is 2.28. The number of esters is 1. The molecule has 0 aliphatic carbocycles. The zero-order valence-corrected chi connectivity index (χ0v) is 19.9. The Balaban J connectivity index is 1.75. The molecule has 0 atom stereocenters. The Morgan fingerprint density at radius 2 is 1.53 bits per heavy atom. The number of carbonyl (C=O) groups is 2. The van der Waals surface area contributed by atoms with Crippen LogP contribution in [0, 0.1) is 0 Å². The van der Waals surface area contributed by atoms with Crippen molar-refractivity contribution in [1.82, 2.24) is 0 Å². The smallest absolute Gasteiger partial charge is 0.338 e. The minimum atomic E-state index is -3.92. The van der Waals surface area contributed by atoms with E-state index in [9.17, 15) is 18.0 Å². The Morgan fingerprint density at radius 3 is 2.18 bits per heavy atom. The van der Waals surface area contributed by atoms with Crippen molar-refractivity contribution in [1.29, 1.82) is 0 Å². The largest absolute Gasteiger partial charge is 0.493 e. The van der Waals surface area contributed by atoms with Crippen molar-refractivity contribution in [2.45, 2.75) is 11.8 Å². The number of rotatable bonds is 10. The Hall–Kier alpha value is -3.85. The number of Topliss-reactive ketones (excluding diaryl/α,β-unsaturated/α-hetero) is 1. The van der Waals surface area contributed by atoms with Gasteiger partial charge in [0.05, 0.1) is 30.4 Å². The van der Waals surface area contributed by atoms with Crippen molar-refractivity contribution in [3.63, 3.8) is 0 Å². The first kappa shape index (κ1) is 24.8. The highest BCUT2D eigenvalue weighted by Gasteiger charge is 2.25. The fourth-order valence-electron chi connectivity index (χ4n) is 3.30.